The summed E-state index contributed by atoms with van der Waals surface area (Å²) in [6, 6.07) is 6.67. The van der Waals surface area contributed by atoms with Crippen LogP contribution in [0.25, 0.3) is 0 Å². The first-order chi connectivity index (χ1) is 7.87. The Balaban J connectivity index is 2.45. The summed E-state index contributed by atoms with van der Waals surface area (Å²) in [5.74, 6) is 0. The highest BCUT2D eigenvalue weighted by Crippen LogP contribution is 2.14. The number of benzene rings is 1. The van der Waals surface area contributed by atoms with Crippen molar-refractivity contribution in [2.45, 2.75) is 20.8 Å². The summed E-state index contributed by atoms with van der Waals surface area (Å²) >= 11 is 5.74. The topological polar surface area (TPSA) is 41.1 Å². The fourth-order valence-electron chi connectivity index (χ4n) is 1.07. The van der Waals surface area contributed by atoms with Crippen LogP contribution >= 0.6 is 11.6 Å². The van der Waals surface area contributed by atoms with Gasteiger partial charge in [0.05, 0.1) is 0 Å². The molecule has 17 heavy (non-hydrogen) atoms. The molecule has 0 atom stereocenters. The minimum absolute atomic E-state index is 0.0492. The van der Waals surface area contributed by atoms with Crippen LogP contribution in [0.15, 0.2) is 36.5 Å². The van der Waals surface area contributed by atoms with Crippen LogP contribution in [0.1, 0.15) is 20.8 Å². The lowest BCUT2D eigenvalue weighted by Crippen LogP contribution is -2.24. The highest BCUT2D eigenvalue weighted by Gasteiger charge is 2.04. The van der Waals surface area contributed by atoms with Crippen LogP contribution in [-0.2, 0) is 0 Å². The van der Waals surface area contributed by atoms with Crippen LogP contribution in [0.5, 0.6) is 0 Å². The molecule has 4 heteroatoms. The predicted octanol–water partition coefficient (Wildman–Crippen LogP) is 4.02. The second-order valence-electron chi connectivity index (χ2n) is 4.80. The van der Waals surface area contributed by atoms with Gasteiger partial charge in [0.1, 0.15) is 0 Å². The van der Waals surface area contributed by atoms with Crippen LogP contribution in [0, 0.1) is 5.41 Å². The van der Waals surface area contributed by atoms with E-state index in [4.69, 9.17) is 11.6 Å². The Morgan fingerprint density at radius 3 is 2.35 bits per heavy atom. The van der Waals surface area contributed by atoms with Gasteiger partial charge in [-0.1, -0.05) is 38.4 Å². The van der Waals surface area contributed by atoms with Crippen LogP contribution in [0.3, 0.4) is 0 Å². The smallest absolute Gasteiger partial charge is 0.315 e. The molecule has 0 fully saturated rings. The number of hydrogen-bond acceptors (Lipinski definition) is 1. The summed E-state index contributed by atoms with van der Waals surface area (Å²) < 4.78 is 0. The quantitative estimate of drug-likeness (QED) is 0.820. The minimum Gasteiger partial charge on any atom is -0.315 e. The summed E-state index contributed by atoms with van der Waals surface area (Å²) in [7, 11) is 0. The van der Waals surface area contributed by atoms with E-state index < -0.39 is 0 Å². The van der Waals surface area contributed by atoms with Gasteiger partial charge in [0.2, 0.25) is 0 Å². The van der Waals surface area contributed by atoms with Gasteiger partial charge in [0.25, 0.3) is 0 Å². The Morgan fingerprint density at radius 1 is 1.24 bits per heavy atom. The van der Waals surface area contributed by atoms with Gasteiger partial charge in [-0.05, 0) is 29.7 Å². The normalized spacial score (nSPS) is 11.5. The lowest BCUT2D eigenvalue weighted by Gasteiger charge is -2.11. The summed E-state index contributed by atoms with van der Waals surface area (Å²) in [5, 5.41) is 5.98. The van der Waals surface area contributed by atoms with Crippen LogP contribution in [-0.4, -0.2) is 6.03 Å². The van der Waals surface area contributed by atoms with Crippen molar-refractivity contribution in [3.05, 3.63) is 41.6 Å². The summed E-state index contributed by atoms with van der Waals surface area (Å²) in [4.78, 5) is 11.5. The Labute approximate surface area is 107 Å². The maximum Gasteiger partial charge on any atom is 0.323 e. The van der Waals surface area contributed by atoms with Gasteiger partial charge >= 0.3 is 6.03 Å². The van der Waals surface area contributed by atoms with Crippen LogP contribution < -0.4 is 10.6 Å². The van der Waals surface area contributed by atoms with E-state index in [1.54, 1.807) is 30.5 Å². The van der Waals surface area contributed by atoms with Crippen molar-refractivity contribution in [1.29, 1.82) is 0 Å². The zero-order chi connectivity index (χ0) is 12.9. The van der Waals surface area contributed by atoms with Crippen molar-refractivity contribution < 1.29 is 4.79 Å². The molecule has 0 saturated heterocycles. The molecule has 2 N–H and O–H groups in total. The molecule has 0 bridgehead atoms. The number of nitrogens with one attached hydrogen (secondary N) is 2. The Bertz CT molecular complexity index is 404. The molecule has 0 spiro atoms. The van der Waals surface area contributed by atoms with Gasteiger partial charge in [0.15, 0.2) is 0 Å². The third-order valence-electron chi connectivity index (χ3n) is 1.90. The third-order valence-corrected chi connectivity index (χ3v) is 2.15. The number of carbonyl (C=O) groups excluding carboxylic acids is 1. The summed E-state index contributed by atoms with van der Waals surface area (Å²) in [6.07, 6.45) is 3.57. The molecule has 0 aliphatic carbocycles. The van der Waals surface area contributed by atoms with Gasteiger partial charge in [0, 0.05) is 16.9 Å². The lowest BCUT2D eigenvalue weighted by molar-refractivity contribution is 0.255. The van der Waals surface area contributed by atoms with E-state index in [1.807, 2.05) is 6.08 Å². The van der Waals surface area contributed by atoms with Crippen molar-refractivity contribution in [3.8, 4) is 0 Å². The van der Waals surface area contributed by atoms with E-state index in [0.717, 1.165) is 0 Å². The van der Waals surface area contributed by atoms with Crippen molar-refractivity contribution in [2.24, 2.45) is 5.41 Å². The molecule has 0 saturated carbocycles. The van der Waals surface area contributed by atoms with E-state index in [9.17, 15) is 4.79 Å². The number of allylic oxidation sites excluding steroid dienone is 1. The highest BCUT2D eigenvalue weighted by molar-refractivity contribution is 6.30. The molecule has 0 aromatic heterocycles. The first-order valence-corrected chi connectivity index (χ1v) is 5.75. The van der Waals surface area contributed by atoms with E-state index in [0.29, 0.717) is 10.7 Å². The average molecular weight is 253 g/mol. The van der Waals surface area contributed by atoms with E-state index in [2.05, 4.69) is 31.4 Å². The molecule has 1 aromatic rings. The Morgan fingerprint density at radius 2 is 1.82 bits per heavy atom. The Hall–Kier alpha value is -1.48. The number of halogens is 1. The molecule has 0 aliphatic heterocycles. The SMILES string of the molecule is CC(C)(C)/C=C/NC(=O)Nc1ccc(Cl)cc1. The van der Waals surface area contributed by atoms with Crippen molar-refractivity contribution >= 4 is 23.3 Å². The van der Waals surface area contributed by atoms with E-state index >= 15 is 0 Å². The lowest BCUT2D eigenvalue weighted by atomic mass is 9.97. The monoisotopic (exact) mass is 252 g/mol. The molecule has 1 rings (SSSR count). The largest absolute Gasteiger partial charge is 0.323 e. The van der Waals surface area contributed by atoms with Gasteiger partial charge < -0.3 is 10.6 Å². The summed E-state index contributed by atoms with van der Waals surface area (Å²) in [5.41, 5.74) is 0.754. The average Bonchev–Trinajstić information content (AvgIpc) is 2.19. The zero-order valence-corrected chi connectivity index (χ0v) is 11.0. The number of hydrogen-bond donors (Lipinski definition) is 2. The highest BCUT2D eigenvalue weighted by atomic mass is 35.5. The molecule has 0 unspecified atom stereocenters. The number of amides is 2. The predicted molar refractivity (Wildman–Crippen MR) is 72.2 cm³/mol. The molecular formula is C13H17ClN2O. The minimum atomic E-state index is -0.271. The second kappa shape index (κ2) is 5.73. The molecule has 92 valence electrons. The fraction of sp³-hybridized carbons (Fsp3) is 0.308. The van der Waals surface area contributed by atoms with Gasteiger partial charge in [-0.2, -0.15) is 0 Å². The molecule has 1 aromatic carbocycles. The number of anilines is 1. The van der Waals surface area contributed by atoms with Gasteiger partial charge in [-0.15, -0.1) is 0 Å². The maximum atomic E-state index is 11.5. The van der Waals surface area contributed by atoms with Crippen LogP contribution in [0.2, 0.25) is 5.02 Å². The first-order valence-electron chi connectivity index (χ1n) is 5.38. The summed E-state index contributed by atoms with van der Waals surface area (Å²) in [6.45, 7) is 6.17. The van der Waals surface area contributed by atoms with Crippen molar-refractivity contribution in [3.63, 3.8) is 0 Å². The van der Waals surface area contributed by atoms with Gasteiger partial charge in [-0.3, -0.25) is 0 Å². The molecule has 0 aliphatic rings. The maximum absolute atomic E-state index is 11.5. The van der Waals surface area contributed by atoms with Crippen molar-refractivity contribution in [1.82, 2.24) is 5.32 Å². The standard InChI is InChI=1S/C13H17ClN2O/c1-13(2,3)8-9-15-12(17)16-11-6-4-10(14)5-7-11/h4-9H,1-3H3,(H2,15,16,17)/b9-8+. The van der Waals surface area contributed by atoms with E-state index in [-0.39, 0.29) is 11.4 Å². The third kappa shape index (κ3) is 5.97. The number of rotatable bonds is 2. The first kappa shape index (κ1) is 13.6. The molecule has 0 heterocycles. The zero-order valence-electron chi connectivity index (χ0n) is 10.3. The molecule has 0 radical (unpaired) electrons. The Kier molecular flexibility index (Phi) is 4.58. The van der Waals surface area contributed by atoms with Gasteiger partial charge in [-0.25, -0.2) is 4.79 Å². The number of urea groups is 1. The fourth-order valence-corrected chi connectivity index (χ4v) is 1.19. The van der Waals surface area contributed by atoms with Crippen LogP contribution in [0.4, 0.5) is 10.5 Å². The molecule has 2 amide bonds. The molecule has 3 nitrogen and oxygen atoms in total. The van der Waals surface area contributed by atoms with Crippen molar-refractivity contribution in [2.75, 3.05) is 5.32 Å². The van der Waals surface area contributed by atoms with E-state index in [1.165, 1.54) is 0 Å². The molecular weight excluding hydrogens is 236 g/mol. The second-order valence-corrected chi connectivity index (χ2v) is 5.24. The number of carbonyl (C=O) groups is 1.